The van der Waals surface area contributed by atoms with E-state index >= 15 is 0 Å². The summed E-state index contributed by atoms with van der Waals surface area (Å²) in [6.45, 7) is 1.12. The second-order valence-corrected chi connectivity index (χ2v) is 9.88. The molecule has 2 aromatic rings. The molecule has 1 aliphatic heterocycles. The van der Waals surface area contributed by atoms with Crippen molar-refractivity contribution in [3.8, 4) is 11.5 Å². The van der Waals surface area contributed by atoms with Crippen LogP contribution in [0.4, 0.5) is 5.69 Å². The van der Waals surface area contributed by atoms with Gasteiger partial charge in [0, 0.05) is 19.0 Å². The maximum atomic E-state index is 12.6. The Morgan fingerprint density at radius 3 is 2.71 bits per heavy atom. The van der Waals surface area contributed by atoms with E-state index in [1.54, 1.807) is 18.2 Å². The molecule has 0 radical (unpaired) electrons. The summed E-state index contributed by atoms with van der Waals surface area (Å²) in [6.07, 6.45) is 4.87. The quantitative estimate of drug-likeness (QED) is 0.709. The van der Waals surface area contributed by atoms with Crippen molar-refractivity contribution in [1.29, 1.82) is 0 Å². The number of anilines is 1. The average molecular weight is 445 g/mol. The van der Waals surface area contributed by atoms with Gasteiger partial charge in [-0.25, -0.2) is 8.42 Å². The van der Waals surface area contributed by atoms with Crippen LogP contribution < -0.4 is 19.1 Å². The van der Waals surface area contributed by atoms with Crippen LogP contribution in [0.1, 0.15) is 42.9 Å². The molecule has 31 heavy (non-hydrogen) atoms. The van der Waals surface area contributed by atoms with Gasteiger partial charge in [0.2, 0.25) is 15.9 Å². The molecule has 1 amide bonds. The van der Waals surface area contributed by atoms with Crippen molar-refractivity contribution in [3.63, 3.8) is 0 Å². The van der Waals surface area contributed by atoms with Crippen molar-refractivity contribution in [1.82, 2.24) is 5.32 Å². The monoisotopic (exact) mass is 444 g/mol. The van der Waals surface area contributed by atoms with Gasteiger partial charge in [0.05, 0.1) is 18.0 Å². The molecule has 1 N–H and O–H groups in total. The zero-order valence-corrected chi connectivity index (χ0v) is 18.5. The summed E-state index contributed by atoms with van der Waals surface area (Å²) >= 11 is 0. The van der Waals surface area contributed by atoms with E-state index in [0.29, 0.717) is 36.8 Å². The van der Waals surface area contributed by atoms with Gasteiger partial charge < -0.3 is 14.8 Å². The van der Waals surface area contributed by atoms with Gasteiger partial charge in [-0.05, 0) is 48.9 Å². The molecule has 4 rings (SSSR count). The minimum atomic E-state index is -3.50. The lowest BCUT2D eigenvalue weighted by Crippen LogP contribution is -2.33. The first-order chi connectivity index (χ1) is 14.9. The van der Waals surface area contributed by atoms with Crippen molar-refractivity contribution >= 4 is 21.6 Å². The Hall–Kier alpha value is -2.74. The van der Waals surface area contributed by atoms with Crippen LogP contribution in [0.15, 0.2) is 42.5 Å². The Morgan fingerprint density at radius 1 is 1.13 bits per heavy atom. The van der Waals surface area contributed by atoms with Crippen molar-refractivity contribution in [2.24, 2.45) is 0 Å². The number of nitrogens with zero attached hydrogens (tertiary/aromatic N) is 1. The molecule has 1 atom stereocenters. The first-order valence-corrected chi connectivity index (χ1v) is 12.5. The maximum Gasteiger partial charge on any atom is 0.232 e. The average Bonchev–Trinajstić information content (AvgIpc) is 2.76. The molecule has 1 heterocycles. The standard InChI is InChI=1S/C23H28N2O5S/c1-31(27,28)25(18-11-12-21-22(16-18)30-15-14-29-21)13-5-10-23(26)24-20-9-4-7-17-6-2-3-8-19(17)20/h2-3,6,8,11-12,16,20H,4-5,7,9-10,13-15H2,1H3,(H,24,26)/t20-/m1/s1. The number of amides is 1. The number of fused-ring (bicyclic) bond motifs is 2. The van der Waals surface area contributed by atoms with Gasteiger partial charge in [-0.1, -0.05) is 24.3 Å². The number of ether oxygens (including phenoxy) is 2. The molecule has 166 valence electrons. The molecule has 0 saturated heterocycles. The van der Waals surface area contributed by atoms with Crippen LogP contribution in [0.3, 0.4) is 0 Å². The number of hydrogen-bond donors (Lipinski definition) is 1. The Labute approximate surface area is 183 Å². The van der Waals surface area contributed by atoms with Crippen LogP contribution >= 0.6 is 0 Å². The number of carbonyl (C=O) groups is 1. The molecule has 0 fully saturated rings. The molecule has 0 saturated carbocycles. The molecule has 2 aromatic carbocycles. The first-order valence-electron chi connectivity index (χ1n) is 10.7. The van der Waals surface area contributed by atoms with Crippen LogP contribution in [-0.4, -0.2) is 40.3 Å². The van der Waals surface area contributed by atoms with Crippen LogP contribution in [-0.2, 0) is 21.2 Å². The number of nitrogens with one attached hydrogen (secondary N) is 1. The summed E-state index contributed by atoms with van der Waals surface area (Å²) in [7, 11) is -3.50. The van der Waals surface area contributed by atoms with Crippen LogP contribution in [0.2, 0.25) is 0 Å². The van der Waals surface area contributed by atoms with E-state index < -0.39 is 10.0 Å². The largest absolute Gasteiger partial charge is 0.486 e. The number of rotatable bonds is 7. The number of hydrogen-bond acceptors (Lipinski definition) is 5. The molecular formula is C23H28N2O5S. The van der Waals surface area contributed by atoms with Crippen LogP contribution in [0.5, 0.6) is 11.5 Å². The maximum absolute atomic E-state index is 12.6. The fourth-order valence-corrected chi connectivity index (χ4v) is 5.18. The first kappa shape index (κ1) is 21.5. The molecule has 0 unspecified atom stereocenters. The minimum absolute atomic E-state index is 0.0289. The zero-order valence-electron chi connectivity index (χ0n) is 17.7. The predicted octanol–water partition coefficient (Wildman–Crippen LogP) is 3.20. The number of benzene rings is 2. The summed E-state index contributed by atoms with van der Waals surface area (Å²) < 4.78 is 37.2. The molecule has 0 bridgehead atoms. The molecule has 1 aliphatic carbocycles. The van der Waals surface area contributed by atoms with Crippen molar-refractivity contribution in [2.45, 2.75) is 38.1 Å². The van der Waals surface area contributed by atoms with E-state index in [-0.39, 0.29) is 24.9 Å². The van der Waals surface area contributed by atoms with Gasteiger partial charge in [0.1, 0.15) is 13.2 Å². The van der Waals surface area contributed by atoms with E-state index in [1.165, 1.54) is 21.7 Å². The van der Waals surface area contributed by atoms with E-state index in [4.69, 9.17) is 9.47 Å². The lowest BCUT2D eigenvalue weighted by Gasteiger charge is -2.27. The summed E-state index contributed by atoms with van der Waals surface area (Å²) in [5.74, 6) is 1.08. The minimum Gasteiger partial charge on any atom is -0.486 e. The highest BCUT2D eigenvalue weighted by Gasteiger charge is 2.23. The summed E-state index contributed by atoms with van der Waals surface area (Å²) in [4.78, 5) is 12.6. The van der Waals surface area contributed by atoms with E-state index in [1.807, 2.05) is 12.1 Å². The fraction of sp³-hybridized carbons (Fsp3) is 0.435. The lowest BCUT2D eigenvalue weighted by atomic mass is 9.87. The SMILES string of the molecule is CS(=O)(=O)N(CCCC(=O)N[C@@H]1CCCc2ccccc21)c1ccc2c(c1)OCCO2. The Bertz CT molecular complexity index is 1050. The van der Waals surface area contributed by atoms with Crippen LogP contribution in [0.25, 0.3) is 0 Å². The number of sulfonamides is 1. The normalized spacial score (nSPS) is 17.5. The van der Waals surface area contributed by atoms with Crippen molar-refractivity contribution in [2.75, 3.05) is 30.3 Å². The summed E-state index contributed by atoms with van der Waals surface area (Å²) in [5.41, 5.74) is 2.99. The third-order valence-electron chi connectivity index (χ3n) is 5.68. The van der Waals surface area contributed by atoms with Gasteiger partial charge >= 0.3 is 0 Å². The van der Waals surface area contributed by atoms with E-state index in [0.717, 1.165) is 19.3 Å². The highest BCUT2D eigenvalue weighted by atomic mass is 32.2. The van der Waals surface area contributed by atoms with Crippen molar-refractivity contribution in [3.05, 3.63) is 53.6 Å². The fourth-order valence-electron chi connectivity index (χ4n) is 4.23. The molecule has 7 nitrogen and oxygen atoms in total. The third-order valence-corrected chi connectivity index (χ3v) is 6.88. The number of carbonyl (C=O) groups excluding carboxylic acids is 1. The highest BCUT2D eigenvalue weighted by Crippen LogP contribution is 2.35. The van der Waals surface area contributed by atoms with Gasteiger partial charge in [-0.3, -0.25) is 9.10 Å². The van der Waals surface area contributed by atoms with Crippen molar-refractivity contribution < 1.29 is 22.7 Å². The van der Waals surface area contributed by atoms with Gasteiger partial charge in [0.15, 0.2) is 11.5 Å². The Kier molecular flexibility index (Phi) is 6.36. The number of aryl methyl sites for hydroxylation is 1. The Morgan fingerprint density at radius 2 is 1.90 bits per heavy atom. The van der Waals surface area contributed by atoms with Crippen LogP contribution in [0, 0.1) is 0 Å². The topological polar surface area (TPSA) is 84.9 Å². The van der Waals surface area contributed by atoms with E-state index in [2.05, 4.69) is 17.4 Å². The van der Waals surface area contributed by atoms with E-state index in [9.17, 15) is 13.2 Å². The molecule has 2 aliphatic rings. The molecule has 8 heteroatoms. The molecule has 0 aromatic heterocycles. The third kappa shape index (κ3) is 5.12. The zero-order chi connectivity index (χ0) is 21.8. The highest BCUT2D eigenvalue weighted by molar-refractivity contribution is 7.92. The van der Waals surface area contributed by atoms with Gasteiger partial charge in [-0.2, -0.15) is 0 Å². The predicted molar refractivity (Wildman–Crippen MR) is 119 cm³/mol. The summed E-state index contributed by atoms with van der Waals surface area (Å²) in [6, 6.07) is 13.3. The molecular weight excluding hydrogens is 416 g/mol. The van der Waals surface area contributed by atoms with Gasteiger partial charge in [-0.15, -0.1) is 0 Å². The van der Waals surface area contributed by atoms with Gasteiger partial charge in [0.25, 0.3) is 0 Å². The second kappa shape index (κ2) is 9.18. The smallest absolute Gasteiger partial charge is 0.232 e. The Balaban J connectivity index is 1.37. The second-order valence-electron chi connectivity index (χ2n) is 7.98. The molecule has 0 spiro atoms. The lowest BCUT2D eigenvalue weighted by molar-refractivity contribution is -0.122. The summed E-state index contributed by atoms with van der Waals surface area (Å²) in [5, 5.41) is 3.12.